The smallest absolute Gasteiger partial charge is 0.254 e. The number of hydrogen-bond acceptors (Lipinski definition) is 2. The summed E-state index contributed by atoms with van der Waals surface area (Å²) in [7, 11) is 0. The fraction of sp³-hybridized carbons (Fsp3) is 0.286. The standard InChI is InChI=1S/C28H32N2O2/c1-28(2,3)29-26(31)25(20-19-22-13-7-4-8-14-22)30(21-23-15-9-5-10-16-23)27(32)24-17-11-6-12-18-24/h4-18,25H,19-21H2,1-3H3,(H,29,31). The number of rotatable bonds is 8. The van der Waals surface area contributed by atoms with E-state index in [1.54, 1.807) is 17.0 Å². The number of nitrogens with zero attached hydrogens (tertiary/aromatic N) is 1. The van der Waals surface area contributed by atoms with Gasteiger partial charge in [0.2, 0.25) is 5.91 Å². The van der Waals surface area contributed by atoms with Crippen molar-refractivity contribution in [2.45, 2.75) is 51.7 Å². The molecule has 1 unspecified atom stereocenters. The molecule has 0 heterocycles. The Kier molecular flexibility index (Phi) is 7.82. The lowest BCUT2D eigenvalue weighted by molar-refractivity contribution is -0.127. The highest BCUT2D eigenvalue weighted by Gasteiger charge is 2.32. The molecule has 2 amide bonds. The number of benzene rings is 3. The molecule has 0 bridgehead atoms. The lowest BCUT2D eigenvalue weighted by Gasteiger charge is -2.34. The molecule has 3 rings (SSSR count). The largest absolute Gasteiger partial charge is 0.350 e. The van der Waals surface area contributed by atoms with Crippen molar-refractivity contribution >= 4 is 11.8 Å². The van der Waals surface area contributed by atoms with Gasteiger partial charge in [-0.3, -0.25) is 9.59 Å². The summed E-state index contributed by atoms with van der Waals surface area (Å²) in [5.41, 5.74) is 2.32. The molecule has 3 aromatic rings. The van der Waals surface area contributed by atoms with Gasteiger partial charge in [-0.15, -0.1) is 0 Å². The zero-order valence-corrected chi connectivity index (χ0v) is 19.1. The van der Waals surface area contributed by atoms with Crippen molar-refractivity contribution in [2.75, 3.05) is 0 Å². The van der Waals surface area contributed by atoms with Crippen LogP contribution in [0.3, 0.4) is 0 Å². The van der Waals surface area contributed by atoms with E-state index in [-0.39, 0.29) is 11.8 Å². The van der Waals surface area contributed by atoms with Gasteiger partial charge in [0.25, 0.3) is 5.91 Å². The molecular weight excluding hydrogens is 396 g/mol. The quantitative estimate of drug-likeness (QED) is 0.533. The van der Waals surface area contributed by atoms with Crippen LogP contribution in [0.1, 0.15) is 48.7 Å². The van der Waals surface area contributed by atoms with Crippen molar-refractivity contribution in [1.82, 2.24) is 10.2 Å². The fourth-order valence-corrected chi connectivity index (χ4v) is 3.68. The minimum Gasteiger partial charge on any atom is -0.350 e. The van der Waals surface area contributed by atoms with Crippen LogP contribution in [0.25, 0.3) is 0 Å². The Hall–Kier alpha value is -3.40. The van der Waals surface area contributed by atoms with Crippen molar-refractivity contribution in [3.63, 3.8) is 0 Å². The minimum atomic E-state index is -0.595. The molecule has 0 saturated carbocycles. The first-order valence-corrected chi connectivity index (χ1v) is 11.1. The topological polar surface area (TPSA) is 49.4 Å². The minimum absolute atomic E-state index is 0.131. The second-order valence-corrected chi connectivity index (χ2v) is 9.06. The van der Waals surface area contributed by atoms with E-state index in [0.29, 0.717) is 24.9 Å². The summed E-state index contributed by atoms with van der Waals surface area (Å²) in [4.78, 5) is 28.8. The van der Waals surface area contributed by atoms with Crippen LogP contribution in [0.2, 0.25) is 0 Å². The van der Waals surface area contributed by atoms with E-state index in [2.05, 4.69) is 17.4 Å². The third kappa shape index (κ3) is 6.81. The summed E-state index contributed by atoms with van der Waals surface area (Å²) in [6.45, 7) is 6.24. The summed E-state index contributed by atoms with van der Waals surface area (Å²) in [5, 5.41) is 3.10. The SMILES string of the molecule is CC(C)(C)NC(=O)C(CCc1ccccc1)N(Cc1ccccc1)C(=O)c1ccccc1. The summed E-state index contributed by atoms with van der Waals surface area (Å²) < 4.78 is 0. The molecular formula is C28H32N2O2. The van der Waals surface area contributed by atoms with Gasteiger partial charge in [0.15, 0.2) is 0 Å². The van der Waals surface area contributed by atoms with Gasteiger partial charge in [0, 0.05) is 17.6 Å². The van der Waals surface area contributed by atoms with Crippen molar-refractivity contribution in [3.8, 4) is 0 Å². The average Bonchev–Trinajstić information content (AvgIpc) is 2.79. The van der Waals surface area contributed by atoms with E-state index in [1.807, 2.05) is 87.5 Å². The Morgan fingerprint density at radius 3 is 1.81 bits per heavy atom. The number of hydrogen-bond donors (Lipinski definition) is 1. The van der Waals surface area contributed by atoms with E-state index in [0.717, 1.165) is 11.1 Å². The second-order valence-electron chi connectivity index (χ2n) is 9.06. The maximum atomic E-state index is 13.6. The lowest BCUT2D eigenvalue weighted by Crippen LogP contribution is -2.53. The molecule has 0 aromatic heterocycles. The van der Waals surface area contributed by atoms with Crippen LogP contribution in [0.4, 0.5) is 0 Å². The molecule has 4 heteroatoms. The molecule has 1 N–H and O–H groups in total. The molecule has 166 valence electrons. The molecule has 0 radical (unpaired) electrons. The first kappa shape index (κ1) is 23.3. The van der Waals surface area contributed by atoms with E-state index < -0.39 is 11.6 Å². The normalized spacial score (nSPS) is 12.1. The van der Waals surface area contributed by atoms with Gasteiger partial charge in [0.1, 0.15) is 6.04 Å². The van der Waals surface area contributed by atoms with E-state index >= 15 is 0 Å². The van der Waals surface area contributed by atoms with Gasteiger partial charge in [-0.1, -0.05) is 78.9 Å². The highest BCUT2D eigenvalue weighted by Crippen LogP contribution is 2.19. The summed E-state index contributed by atoms with van der Waals surface area (Å²) in [6.07, 6.45) is 1.24. The van der Waals surface area contributed by atoms with Gasteiger partial charge in [-0.2, -0.15) is 0 Å². The molecule has 0 aliphatic rings. The second kappa shape index (κ2) is 10.8. The fourth-order valence-electron chi connectivity index (χ4n) is 3.68. The molecule has 1 atom stereocenters. The monoisotopic (exact) mass is 428 g/mol. The predicted molar refractivity (Wildman–Crippen MR) is 129 cm³/mol. The number of aryl methyl sites for hydroxylation is 1. The van der Waals surface area contributed by atoms with Crippen LogP contribution >= 0.6 is 0 Å². The summed E-state index contributed by atoms with van der Waals surface area (Å²) >= 11 is 0. The third-order valence-electron chi connectivity index (χ3n) is 5.20. The Bertz CT molecular complexity index is 996. The van der Waals surface area contributed by atoms with Gasteiger partial charge < -0.3 is 10.2 Å². The molecule has 0 fully saturated rings. The highest BCUT2D eigenvalue weighted by atomic mass is 16.2. The predicted octanol–water partition coefficient (Wildman–Crippen LogP) is 5.25. The average molecular weight is 429 g/mol. The molecule has 3 aromatic carbocycles. The first-order valence-electron chi connectivity index (χ1n) is 11.1. The third-order valence-corrected chi connectivity index (χ3v) is 5.20. The van der Waals surface area contributed by atoms with Gasteiger partial charge in [0.05, 0.1) is 0 Å². The van der Waals surface area contributed by atoms with Crippen molar-refractivity contribution in [1.29, 1.82) is 0 Å². The molecule has 0 saturated heterocycles. The van der Waals surface area contributed by atoms with Gasteiger partial charge in [-0.05, 0) is 56.9 Å². The van der Waals surface area contributed by atoms with Crippen molar-refractivity contribution in [2.24, 2.45) is 0 Å². The zero-order chi connectivity index (χ0) is 23.0. The number of amides is 2. The molecule has 0 spiro atoms. The van der Waals surface area contributed by atoms with E-state index in [4.69, 9.17) is 0 Å². The van der Waals surface area contributed by atoms with E-state index in [1.165, 1.54) is 0 Å². The summed E-state index contributed by atoms with van der Waals surface area (Å²) in [5.74, 6) is -0.273. The number of carbonyl (C=O) groups excluding carboxylic acids is 2. The van der Waals surface area contributed by atoms with Crippen LogP contribution in [0.5, 0.6) is 0 Å². The van der Waals surface area contributed by atoms with Crippen LogP contribution in [0, 0.1) is 0 Å². The maximum absolute atomic E-state index is 13.6. The van der Waals surface area contributed by atoms with Crippen molar-refractivity contribution < 1.29 is 9.59 Å². The zero-order valence-electron chi connectivity index (χ0n) is 19.1. The van der Waals surface area contributed by atoms with Crippen LogP contribution < -0.4 is 5.32 Å². The number of carbonyl (C=O) groups is 2. The Morgan fingerprint density at radius 1 is 0.781 bits per heavy atom. The Balaban J connectivity index is 1.95. The van der Waals surface area contributed by atoms with Crippen LogP contribution in [-0.2, 0) is 17.8 Å². The Morgan fingerprint density at radius 2 is 1.28 bits per heavy atom. The molecule has 0 aliphatic heterocycles. The molecule has 0 aliphatic carbocycles. The summed E-state index contributed by atoms with van der Waals surface area (Å²) in [6, 6.07) is 28.5. The van der Waals surface area contributed by atoms with Crippen LogP contribution in [-0.4, -0.2) is 28.3 Å². The maximum Gasteiger partial charge on any atom is 0.254 e. The van der Waals surface area contributed by atoms with E-state index in [9.17, 15) is 9.59 Å². The number of nitrogens with one attached hydrogen (secondary N) is 1. The van der Waals surface area contributed by atoms with Gasteiger partial charge in [-0.25, -0.2) is 0 Å². The van der Waals surface area contributed by atoms with Gasteiger partial charge >= 0.3 is 0 Å². The Labute approximate surface area is 191 Å². The first-order chi connectivity index (χ1) is 15.3. The van der Waals surface area contributed by atoms with Crippen LogP contribution in [0.15, 0.2) is 91.0 Å². The molecule has 32 heavy (non-hydrogen) atoms. The molecule has 4 nitrogen and oxygen atoms in total. The highest BCUT2D eigenvalue weighted by molar-refractivity contribution is 5.97. The van der Waals surface area contributed by atoms with Crippen molar-refractivity contribution in [3.05, 3.63) is 108 Å². The lowest BCUT2D eigenvalue weighted by atomic mass is 10.00.